The number of rotatable bonds is 5. The monoisotopic (exact) mass is 207 g/mol. The van der Waals surface area contributed by atoms with Crippen LogP contribution in [-0.4, -0.2) is 11.7 Å². The molecular weight excluding hydrogens is 186 g/mol. The molecule has 15 heavy (non-hydrogen) atoms. The Bertz CT molecular complexity index is 307. The van der Waals surface area contributed by atoms with E-state index in [4.69, 9.17) is 0 Å². The van der Waals surface area contributed by atoms with E-state index >= 15 is 0 Å². The third kappa shape index (κ3) is 3.46. The molecule has 0 aliphatic carbocycles. The molecule has 2 N–H and O–H groups in total. The van der Waals surface area contributed by atoms with Crippen molar-refractivity contribution in [1.82, 2.24) is 0 Å². The lowest BCUT2D eigenvalue weighted by atomic mass is 10.1. The maximum absolute atomic E-state index is 9.66. The van der Waals surface area contributed by atoms with Crippen LogP contribution in [0.2, 0.25) is 0 Å². The van der Waals surface area contributed by atoms with Crippen molar-refractivity contribution in [3.8, 4) is 5.75 Å². The molecule has 0 bridgehead atoms. The van der Waals surface area contributed by atoms with Crippen molar-refractivity contribution < 1.29 is 5.11 Å². The fraction of sp³-hybridized carbons (Fsp3) is 0.538. The van der Waals surface area contributed by atoms with Crippen molar-refractivity contribution in [1.29, 1.82) is 0 Å². The Hall–Kier alpha value is -1.18. The first-order valence-electron chi connectivity index (χ1n) is 5.69. The van der Waals surface area contributed by atoms with Gasteiger partial charge in [0.25, 0.3) is 0 Å². The van der Waals surface area contributed by atoms with Crippen molar-refractivity contribution in [2.24, 2.45) is 5.92 Å². The highest BCUT2D eigenvalue weighted by molar-refractivity contribution is 5.57. The van der Waals surface area contributed by atoms with Crippen molar-refractivity contribution in [2.75, 3.05) is 11.9 Å². The summed E-state index contributed by atoms with van der Waals surface area (Å²) in [5.41, 5.74) is 2.08. The molecule has 0 unspecified atom stereocenters. The molecule has 0 amide bonds. The molecule has 0 fully saturated rings. The van der Waals surface area contributed by atoms with Crippen LogP contribution >= 0.6 is 0 Å². The van der Waals surface area contributed by atoms with Gasteiger partial charge in [0.1, 0.15) is 5.75 Å². The van der Waals surface area contributed by atoms with Crippen LogP contribution in [-0.2, 0) is 6.42 Å². The van der Waals surface area contributed by atoms with Gasteiger partial charge >= 0.3 is 0 Å². The van der Waals surface area contributed by atoms with E-state index in [1.807, 2.05) is 12.1 Å². The van der Waals surface area contributed by atoms with Crippen LogP contribution in [0, 0.1) is 5.92 Å². The second kappa shape index (κ2) is 5.64. The number of phenols is 1. The van der Waals surface area contributed by atoms with Gasteiger partial charge in [-0.15, -0.1) is 0 Å². The molecule has 1 aromatic rings. The van der Waals surface area contributed by atoms with Crippen molar-refractivity contribution in [3.05, 3.63) is 23.8 Å². The number of phenolic OH excluding ortho intramolecular Hbond substituents is 1. The quantitative estimate of drug-likeness (QED) is 0.775. The minimum atomic E-state index is 0.395. The van der Waals surface area contributed by atoms with Gasteiger partial charge in [0.05, 0.1) is 0 Å². The Morgan fingerprint density at radius 2 is 2.07 bits per heavy atom. The van der Waals surface area contributed by atoms with Gasteiger partial charge in [0.2, 0.25) is 0 Å². The van der Waals surface area contributed by atoms with Gasteiger partial charge in [-0.1, -0.05) is 26.8 Å². The fourth-order valence-corrected chi connectivity index (χ4v) is 1.61. The van der Waals surface area contributed by atoms with E-state index in [2.05, 4.69) is 26.1 Å². The van der Waals surface area contributed by atoms with Gasteiger partial charge in [0, 0.05) is 17.8 Å². The zero-order valence-corrected chi connectivity index (χ0v) is 9.88. The maximum atomic E-state index is 9.66. The minimum Gasteiger partial charge on any atom is -0.508 e. The summed E-state index contributed by atoms with van der Waals surface area (Å²) in [5.74, 6) is 1.10. The first-order valence-corrected chi connectivity index (χ1v) is 5.69. The van der Waals surface area contributed by atoms with E-state index in [0.29, 0.717) is 11.7 Å². The molecule has 2 nitrogen and oxygen atoms in total. The molecule has 0 radical (unpaired) electrons. The van der Waals surface area contributed by atoms with E-state index in [9.17, 15) is 5.11 Å². The predicted octanol–water partition coefficient (Wildman–Crippen LogP) is 3.41. The van der Waals surface area contributed by atoms with E-state index in [-0.39, 0.29) is 0 Å². The third-order valence-electron chi connectivity index (χ3n) is 2.54. The van der Waals surface area contributed by atoms with Crippen LogP contribution in [0.1, 0.15) is 32.8 Å². The zero-order chi connectivity index (χ0) is 11.3. The Balaban J connectivity index is 2.64. The summed E-state index contributed by atoms with van der Waals surface area (Å²) in [6.45, 7) is 7.45. The second-order valence-corrected chi connectivity index (χ2v) is 4.27. The van der Waals surface area contributed by atoms with Crippen molar-refractivity contribution in [2.45, 2.75) is 33.6 Å². The summed E-state index contributed by atoms with van der Waals surface area (Å²) in [7, 11) is 0. The SMILES string of the molecule is CCc1c(O)cccc1NCCC(C)C. The van der Waals surface area contributed by atoms with Crippen LogP contribution < -0.4 is 5.32 Å². The first kappa shape index (κ1) is 11.9. The van der Waals surface area contributed by atoms with Gasteiger partial charge in [-0.3, -0.25) is 0 Å². The zero-order valence-electron chi connectivity index (χ0n) is 9.88. The summed E-state index contributed by atoms with van der Waals surface area (Å²) >= 11 is 0. The van der Waals surface area contributed by atoms with Crippen molar-refractivity contribution >= 4 is 5.69 Å². The number of benzene rings is 1. The van der Waals surface area contributed by atoms with E-state index in [1.165, 1.54) is 0 Å². The summed E-state index contributed by atoms with van der Waals surface area (Å²) in [6.07, 6.45) is 2.01. The van der Waals surface area contributed by atoms with E-state index in [0.717, 1.165) is 30.6 Å². The summed E-state index contributed by atoms with van der Waals surface area (Å²) in [5, 5.41) is 13.0. The van der Waals surface area contributed by atoms with Crippen LogP contribution in [0.4, 0.5) is 5.69 Å². The Labute approximate surface area is 92.3 Å². The maximum Gasteiger partial charge on any atom is 0.120 e. The number of nitrogens with one attached hydrogen (secondary N) is 1. The number of anilines is 1. The molecule has 1 rings (SSSR count). The highest BCUT2D eigenvalue weighted by Crippen LogP contribution is 2.25. The van der Waals surface area contributed by atoms with Gasteiger partial charge < -0.3 is 10.4 Å². The smallest absolute Gasteiger partial charge is 0.120 e. The third-order valence-corrected chi connectivity index (χ3v) is 2.54. The molecule has 0 spiro atoms. The molecule has 2 heteroatoms. The van der Waals surface area contributed by atoms with Crippen LogP contribution in [0.5, 0.6) is 5.75 Å². The van der Waals surface area contributed by atoms with Crippen LogP contribution in [0.25, 0.3) is 0 Å². The predicted molar refractivity (Wildman–Crippen MR) is 65.4 cm³/mol. The number of hydrogen-bond donors (Lipinski definition) is 2. The molecule has 0 aliphatic heterocycles. The molecule has 1 aromatic carbocycles. The van der Waals surface area contributed by atoms with Crippen LogP contribution in [0.3, 0.4) is 0 Å². The standard InChI is InChI=1S/C13H21NO/c1-4-11-12(6-5-7-13(11)15)14-9-8-10(2)3/h5-7,10,14-15H,4,8-9H2,1-3H3. The van der Waals surface area contributed by atoms with E-state index in [1.54, 1.807) is 6.07 Å². The molecule has 0 aromatic heterocycles. The largest absolute Gasteiger partial charge is 0.508 e. The van der Waals surface area contributed by atoms with Gasteiger partial charge in [-0.05, 0) is 30.9 Å². The lowest BCUT2D eigenvalue weighted by Gasteiger charge is -2.13. The van der Waals surface area contributed by atoms with Gasteiger partial charge in [-0.25, -0.2) is 0 Å². The van der Waals surface area contributed by atoms with Crippen molar-refractivity contribution in [3.63, 3.8) is 0 Å². The Morgan fingerprint density at radius 1 is 1.33 bits per heavy atom. The average molecular weight is 207 g/mol. The second-order valence-electron chi connectivity index (χ2n) is 4.27. The molecule has 84 valence electrons. The highest BCUT2D eigenvalue weighted by Gasteiger charge is 2.04. The molecule has 0 saturated carbocycles. The molecule has 0 atom stereocenters. The Morgan fingerprint density at radius 3 is 2.67 bits per heavy atom. The molecule has 0 saturated heterocycles. The number of aromatic hydroxyl groups is 1. The van der Waals surface area contributed by atoms with Crippen LogP contribution in [0.15, 0.2) is 18.2 Å². The normalized spacial score (nSPS) is 10.7. The summed E-state index contributed by atoms with van der Waals surface area (Å²) < 4.78 is 0. The molecule has 0 aliphatic rings. The lowest BCUT2D eigenvalue weighted by molar-refractivity contribution is 0.469. The molecule has 0 heterocycles. The Kier molecular flexibility index (Phi) is 4.47. The summed E-state index contributed by atoms with van der Waals surface area (Å²) in [4.78, 5) is 0. The van der Waals surface area contributed by atoms with Gasteiger partial charge in [0.15, 0.2) is 0 Å². The molecular formula is C13H21NO. The number of hydrogen-bond acceptors (Lipinski definition) is 2. The van der Waals surface area contributed by atoms with E-state index < -0.39 is 0 Å². The average Bonchev–Trinajstić information content (AvgIpc) is 2.17. The summed E-state index contributed by atoms with van der Waals surface area (Å²) in [6, 6.07) is 5.65. The highest BCUT2D eigenvalue weighted by atomic mass is 16.3. The minimum absolute atomic E-state index is 0.395. The first-order chi connectivity index (χ1) is 7.15. The topological polar surface area (TPSA) is 32.3 Å². The fourth-order valence-electron chi connectivity index (χ4n) is 1.61. The van der Waals surface area contributed by atoms with Gasteiger partial charge in [-0.2, -0.15) is 0 Å². The lowest BCUT2D eigenvalue weighted by Crippen LogP contribution is -2.06.